The van der Waals surface area contributed by atoms with Gasteiger partial charge in [0.1, 0.15) is 11.6 Å². The molecule has 4 rings (SSSR count). The maximum atomic E-state index is 13.2. The molecular weight excluding hydrogens is 375 g/mol. The number of hydrogen-bond donors (Lipinski definition) is 1. The molecular formula is C21H23FN4O3. The molecule has 8 heteroatoms. The van der Waals surface area contributed by atoms with Gasteiger partial charge in [-0.05, 0) is 48.0 Å². The van der Waals surface area contributed by atoms with Crippen molar-refractivity contribution in [1.82, 2.24) is 20.0 Å². The summed E-state index contributed by atoms with van der Waals surface area (Å²) in [7, 11) is 1.76. The monoisotopic (exact) mass is 398 g/mol. The molecule has 7 nitrogen and oxygen atoms in total. The Morgan fingerprint density at radius 1 is 1.24 bits per heavy atom. The fraction of sp³-hybridized carbons (Fsp3) is 0.333. The Balaban J connectivity index is 1.47. The number of carbonyl (C=O) groups is 1. The van der Waals surface area contributed by atoms with Crippen molar-refractivity contribution < 1.29 is 18.3 Å². The number of carbonyl (C=O) groups excluding carboxylic acids is 1. The number of aryl methyl sites for hydroxylation is 1. The van der Waals surface area contributed by atoms with Gasteiger partial charge in [-0.25, -0.2) is 4.39 Å². The van der Waals surface area contributed by atoms with Crippen LogP contribution in [0, 0.1) is 5.82 Å². The van der Waals surface area contributed by atoms with E-state index in [1.807, 2.05) is 12.1 Å². The molecule has 0 radical (unpaired) electrons. The largest absolute Gasteiger partial charge is 0.468 e. The molecule has 0 spiro atoms. The van der Waals surface area contributed by atoms with Crippen LogP contribution in [0.25, 0.3) is 11.3 Å². The summed E-state index contributed by atoms with van der Waals surface area (Å²) >= 11 is 0. The topological polar surface area (TPSA) is 72.5 Å². The normalized spacial score (nSPS) is 15.9. The zero-order valence-corrected chi connectivity index (χ0v) is 16.2. The first kappa shape index (κ1) is 19.4. The zero-order chi connectivity index (χ0) is 20.2. The molecule has 152 valence electrons. The summed E-state index contributed by atoms with van der Waals surface area (Å²) in [6.45, 7) is 3.27. The molecule has 0 bridgehead atoms. The van der Waals surface area contributed by atoms with Crippen molar-refractivity contribution in [3.05, 3.63) is 66.0 Å². The molecule has 0 saturated carbocycles. The predicted octanol–water partition coefficient (Wildman–Crippen LogP) is 2.62. The Morgan fingerprint density at radius 3 is 2.69 bits per heavy atom. The molecule has 1 atom stereocenters. The van der Waals surface area contributed by atoms with Crippen molar-refractivity contribution >= 4 is 5.91 Å². The molecule has 1 N–H and O–H groups in total. The second kappa shape index (κ2) is 8.59. The van der Waals surface area contributed by atoms with Crippen LogP contribution in [-0.4, -0.2) is 53.4 Å². The molecule has 1 unspecified atom stereocenters. The number of furan rings is 1. The first-order valence-electron chi connectivity index (χ1n) is 9.55. The molecule has 1 fully saturated rings. The van der Waals surface area contributed by atoms with E-state index in [9.17, 15) is 9.18 Å². The van der Waals surface area contributed by atoms with Crippen molar-refractivity contribution in [3.8, 4) is 11.3 Å². The number of nitrogens with one attached hydrogen (secondary N) is 1. The SMILES string of the molecule is Cn1nc(C(=O)NCC(c2ccco2)N2CCOCC2)cc1-c1ccc(F)cc1. The first-order chi connectivity index (χ1) is 14.1. The van der Waals surface area contributed by atoms with E-state index in [1.54, 1.807) is 36.2 Å². The molecule has 3 heterocycles. The predicted molar refractivity (Wildman–Crippen MR) is 105 cm³/mol. The van der Waals surface area contributed by atoms with E-state index >= 15 is 0 Å². The van der Waals surface area contributed by atoms with Crippen LogP contribution in [-0.2, 0) is 11.8 Å². The summed E-state index contributed by atoms with van der Waals surface area (Å²) in [5, 5.41) is 7.28. The zero-order valence-electron chi connectivity index (χ0n) is 16.2. The molecule has 1 saturated heterocycles. The fourth-order valence-corrected chi connectivity index (χ4v) is 3.53. The van der Waals surface area contributed by atoms with Crippen molar-refractivity contribution in [2.75, 3.05) is 32.8 Å². The highest BCUT2D eigenvalue weighted by Crippen LogP contribution is 2.23. The quantitative estimate of drug-likeness (QED) is 0.691. The minimum Gasteiger partial charge on any atom is -0.468 e. The van der Waals surface area contributed by atoms with E-state index < -0.39 is 0 Å². The Bertz CT molecular complexity index is 947. The number of halogens is 1. The maximum Gasteiger partial charge on any atom is 0.271 e. The number of rotatable bonds is 6. The van der Waals surface area contributed by atoms with Gasteiger partial charge in [0.25, 0.3) is 5.91 Å². The second-order valence-electron chi connectivity index (χ2n) is 6.93. The number of morpholine rings is 1. The van der Waals surface area contributed by atoms with Crippen molar-refractivity contribution in [3.63, 3.8) is 0 Å². The lowest BCUT2D eigenvalue weighted by molar-refractivity contribution is 0.0118. The summed E-state index contributed by atoms with van der Waals surface area (Å²) in [5.74, 6) is 0.236. The molecule has 29 heavy (non-hydrogen) atoms. The number of benzene rings is 1. The molecule has 1 aromatic carbocycles. The van der Waals surface area contributed by atoms with Gasteiger partial charge in [-0.1, -0.05) is 0 Å². The molecule has 2 aromatic heterocycles. The molecule has 1 aliphatic rings. The average molecular weight is 398 g/mol. The highest BCUT2D eigenvalue weighted by Gasteiger charge is 2.26. The Hall–Kier alpha value is -2.97. The Kier molecular flexibility index (Phi) is 5.73. The van der Waals surface area contributed by atoms with E-state index in [4.69, 9.17) is 9.15 Å². The van der Waals surface area contributed by atoms with E-state index in [-0.39, 0.29) is 17.8 Å². The van der Waals surface area contributed by atoms with Gasteiger partial charge in [-0.3, -0.25) is 14.4 Å². The number of amides is 1. The highest BCUT2D eigenvalue weighted by atomic mass is 19.1. The lowest BCUT2D eigenvalue weighted by Gasteiger charge is -2.33. The maximum absolute atomic E-state index is 13.2. The number of aromatic nitrogens is 2. The van der Waals surface area contributed by atoms with Crippen molar-refractivity contribution in [2.24, 2.45) is 7.05 Å². The van der Waals surface area contributed by atoms with Gasteiger partial charge >= 0.3 is 0 Å². The van der Waals surface area contributed by atoms with Crippen LogP contribution in [0.3, 0.4) is 0 Å². The van der Waals surface area contributed by atoms with Crippen LogP contribution in [0.15, 0.2) is 53.1 Å². The van der Waals surface area contributed by atoms with E-state index in [1.165, 1.54) is 12.1 Å². The molecule has 1 amide bonds. The van der Waals surface area contributed by atoms with Crippen LogP contribution in [0.5, 0.6) is 0 Å². The molecule has 0 aliphatic carbocycles. The Morgan fingerprint density at radius 2 is 2.00 bits per heavy atom. The minimum absolute atomic E-state index is 0.0712. The van der Waals surface area contributed by atoms with Crippen molar-refractivity contribution in [1.29, 1.82) is 0 Å². The van der Waals surface area contributed by atoms with Gasteiger partial charge < -0.3 is 14.5 Å². The lowest BCUT2D eigenvalue weighted by Crippen LogP contribution is -2.43. The third-order valence-corrected chi connectivity index (χ3v) is 5.07. The summed E-state index contributed by atoms with van der Waals surface area (Å²) in [6, 6.07) is 11.5. The highest BCUT2D eigenvalue weighted by molar-refractivity contribution is 5.93. The van der Waals surface area contributed by atoms with Crippen LogP contribution in [0.2, 0.25) is 0 Å². The van der Waals surface area contributed by atoms with Gasteiger partial charge in [0, 0.05) is 26.7 Å². The van der Waals surface area contributed by atoms with Crippen LogP contribution in [0.4, 0.5) is 4.39 Å². The van der Waals surface area contributed by atoms with E-state index in [0.717, 1.165) is 30.1 Å². The minimum atomic E-state index is -0.305. The lowest BCUT2D eigenvalue weighted by atomic mass is 10.1. The number of nitrogens with zero attached hydrogens (tertiary/aromatic N) is 3. The van der Waals surface area contributed by atoms with Gasteiger partial charge in [-0.15, -0.1) is 0 Å². The summed E-state index contributed by atoms with van der Waals surface area (Å²) in [5.41, 5.74) is 1.85. The van der Waals surface area contributed by atoms with Gasteiger partial charge in [-0.2, -0.15) is 5.10 Å². The van der Waals surface area contributed by atoms with Crippen LogP contribution < -0.4 is 5.32 Å². The summed E-state index contributed by atoms with van der Waals surface area (Å²) in [6.07, 6.45) is 1.64. The molecule has 1 aliphatic heterocycles. The smallest absolute Gasteiger partial charge is 0.271 e. The van der Waals surface area contributed by atoms with Crippen LogP contribution >= 0.6 is 0 Å². The molecule has 3 aromatic rings. The van der Waals surface area contributed by atoms with Crippen molar-refractivity contribution in [2.45, 2.75) is 6.04 Å². The Labute approximate surface area is 168 Å². The summed E-state index contributed by atoms with van der Waals surface area (Å²) < 4.78 is 25.8. The fourth-order valence-electron chi connectivity index (χ4n) is 3.53. The number of ether oxygens (including phenoxy) is 1. The number of hydrogen-bond acceptors (Lipinski definition) is 5. The van der Waals surface area contributed by atoms with E-state index in [0.29, 0.717) is 25.5 Å². The summed E-state index contributed by atoms with van der Waals surface area (Å²) in [4.78, 5) is 15.0. The standard InChI is InChI=1S/C21H23FN4O3/c1-25-18(15-4-6-16(22)7-5-15)13-17(24-25)21(27)23-14-19(20-3-2-10-29-20)26-8-11-28-12-9-26/h2-7,10,13,19H,8-9,11-12,14H2,1H3,(H,23,27). The third-order valence-electron chi connectivity index (χ3n) is 5.07. The van der Waals surface area contributed by atoms with Crippen LogP contribution in [0.1, 0.15) is 22.3 Å². The first-order valence-corrected chi connectivity index (χ1v) is 9.55. The average Bonchev–Trinajstić information content (AvgIpc) is 3.40. The second-order valence-corrected chi connectivity index (χ2v) is 6.93. The van der Waals surface area contributed by atoms with Gasteiger partial charge in [0.05, 0.1) is 31.2 Å². The van der Waals surface area contributed by atoms with Gasteiger partial charge in [0.15, 0.2) is 5.69 Å². The van der Waals surface area contributed by atoms with Gasteiger partial charge in [0.2, 0.25) is 0 Å². The van der Waals surface area contributed by atoms with E-state index in [2.05, 4.69) is 15.3 Å². The third kappa shape index (κ3) is 4.38.